The van der Waals surface area contributed by atoms with Gasteiger partial charge in [0.2, 0.25) is 0 Å². The molecule has 2 atom stereocenters. The molecule has 0 amide bonds. The van der Waals surface area contributed by atoms with Gasteiger partial charge >= 0.3 is 23.9 Å². The fourth-order valence-electron chi connectivity index (χ4n) is 1.61. The predicted octanol–water partition coefficient (Wildman–Crippen LogP) is -1.69. The summed E-state index contributed by atoms with van der Waals surface area (Å²) in [4.78, 5) is 40.8. The average Bonchev–Trinajstić information content (AvgIpc) is 2.51. The lowest BCUT2D eigenvalue weighted by Crippen LogP contribution is -2.49. The highest BCUT2D eigenvalue weighted by molar-refractivity contribution is 5.73. The first kappa shape index (κ1) is 26.0. The summed E-state index contributed by atoms with van der Waals surface area (Å²) in [6.07, 6.45) is 0.762. The maximum atomic E-state index is 10.2. The van der Waals surface area contributed by atoms with Gasteiger partial charge in [-0.25, -0.2) is 0 Å². The summed E-state index contributed by atoms with van der Waals surface area (Å²) >= 11 is 0. The van der Waals surface area contributed by atoms with E-state index in [4.69, 9.17) is 43.4 Å². The number of nitrogens with two attached hydrogens (primary N) is 4. The molecule has 152 valence electrons. The van der Waals surface area contributed by atoms with Crippen LogP contribution in [0.25, 0.3) is 0 Å². The number of hydrogen-bond donors (Lipinski definition) is 8. The molecular weight excluding hydrogens is 352 g/mol. The molecule has 0 rings (SSSR count). The van der Waals surface area contributed by atoms with Gasteiger partial charge in [-0.3, -0.25) is 19.2 Å². The molecule has 0 aromatic rings. The summed E-state index contributed by atoms with van der Waals surface area (Å²) in [5.74, 6) is -4.14. The molecule has 2 unspecified atom stereocenters. The number of carboxylic acid groups (broad SMARTS) is 4. The van der Waals surface area contributed by atoms with Gasteiger partial charge in [-0.1, -0.05) is 0 Å². The fraction of sp³-hybridized carbons (Fsp3) is 0.714. The predicted molar refractivity (Wildman–Crippen MR) is 89.9 cm³/mol. The number of carbonyl (C=O) groups is 4. The van der Waals surface area contributed by atoms with Crippen molar-refractivity contribution in [2.24, 2.45) is 22.9 Å². The Hall–Kier alpha value is -2.28. The minimum atomic E-state index is -1.20. The van der Waals surface area contributed by atoms with Crippen LogP contribution in [0, 0.1) is 0 Å². The first-order chi connectivity index (χ1) is 11.8. The lowest BCUT2D eigenvalue weighted by molar-refractivity contribution is -0.139. The molecule has 0 aromatic carbocycles. The summed E-state index contributed by atoms with van der Waals surface area (Å²) in [5, 5.41) is 33.4. The van der Waals surface area contributed by atoms with Crippen molar-refractivity contribution < 1.29 is 39.6 Å². The average molecular weight is 380 g/mol. The van der Waals surface area contributed by atoms with Crippen molar-refractivity contribution in [3.05, 3.63) is 0 Å². The standard InChI is InChI=1S/2C7H14N2O4/c8-7(9,3-1-5(10)11)4-2-6(12)13;8-4(6(10)11)2-1-3-5(9)7(12)13/h1-4,8-9H2,(H,10,11)(H,12,13);4-5H,1-3,8-9H2,(H,10,11)(H,12,13). The van der Waals surface area contributed by atoms with Gasteiger partial charge in [0.1, 0.15) is 12.1 Å². The monoisotopic (exact) mass is 380 g/mol. The number of hydrogen-bond acceptors (Lipinski definition) is 8. The maximum absolute atomic E-state index is 10.2. The molecule has 0 spiro atoms. The Morgan fingerprint density at radius 3 is 1.27 bits per heavy atom. The van der Waals surface area contributed by atoms with Gasteiger partial charge in [0.15, 0.2) is 0 Å². The minimum Gasteiger partial charge on any atom is -0.481 e. The quantitative estimate of drug-likeness (QED) is 0.176. The highest BCUT2D eigenvalue weighted by Gasteiger charge is 2.21. The Morgan fingerprint density at radius 1 is 0.731 bits per heavy atom. The summed E-state index contributed by atoms with van der Waals surface area (Å²) in [6, 6.07) is -1.86. The van der Waals surface area contributed by atoms with Crippen LogP contribution in [0.2, 0.25) is 0 Å². The zero-order valence-corrected chi connectivity index (χ0v) is 14.3. The molecule has 12 nitrogen and oxygen atoms in total. The van der Waals surface area contributed by atoms with Crippen LogP contribution in [0.3, 0.4) is 0 Å². The first-order valence-corrected chi connectivity index (χ1v) is 7.76. The molecule has 0 heterocycles. The second-order valence-electron chi connectivity index (χ2n) is 5.84. The second kappa shape index (κ2) is 13.0. The molecule has 0 aliphatic rings. The van der Waals surface area contributed by atoms with Crippen LogP contribution in [-0.2, 0) is 19.2 Å². The van der Waals surface area contributed by atoms with E-state index in [1.54, 1.807) is 0 Å². The number of carboxylic acids is 4. The third-order valence-corrected chi connectivity index (χ3v) is 3.27. The van der Waals surface area contributed by atoms with E-state index in [0.29, 0.717) is 6.42 Å². The van der Waals surface area contributed by atoms with Crippen molar-refractivity contribution in [2.75, 3.05) is 0 Å². The van der Waals surface area contributed by atoms with Gasteiger partial charge in [0, 0.05) is 12.8 Å². The molecule has 0 saturated carbocycles. The lowest BCUT2D eigenvalue weighted by atomic mass is 10.00. The van der Waals surface area contributed by atoms with Gasteiger partial charge in [0.05, 0.1) is 5.66 Å². The van der Waals surface area contributed by atoms with E-state index in [2.05, 4.69) is 0 Å². The highest BCUT2D eigenvalue weighted by Crippen LogP contribution is 2.10. The topological polar surface area (TPSA) is 253 Å². The van der Waals surface area contributed by atoms with Gasteiger partial charge in [-0.15, -0.1) is 0 Å². The van der Waals surface area contributed by atoms with Crippen LogP contribution < -0.4 is 22.9 Å². The van der Waals surface area contributed by atoms with E-state index < -0.39 is 41.6 Å². The van der Waals surface area contributed by atoms with Crippen LogP contribution in [-0.4, -0.2) is 62.0 Å². The van der Waals surface area contributed by atoms with Crippen molar-refractivity contribution in [3.8, 4) is 0 Å². The van der Waals surface area contributed by atoms with E-state index in [1.165, 1.54) is 0 Å². The normalized spacial score (nSPS) is 13.1. The number of rotatable bonds is 12. The van der Waals surface area contributed by atoms with E-state index in [9.17, 15) is 19.2 Å². The van der Waals surface area contributed by atoms with Crippen LogP contribution >= 0.6 is 0 Å². The van der Waals surface area contributed by atoms with E-state index in [0.717, 1.165) is 0 Å². The van der Waals surface area contributed by atoms with Crippen LogP contribution in [0.5, 0.6) is 0 Å². The largest absolute Gasteiger partial charge is 0.481 e. The lowest BCUT2D eigenvalue weighted by Gasteiger charge is -2.22. The summed E-state index contributed by atoms with van der Waals surface area (Å²) < 4.78 is 0. The van der Waals surface area contributed by atoms with Crippen LogP contribution in [0.1, 0.15) is 44.9 Å². The molecule has 26 heavy (non-hydrogen) atoms. The van der Waals surface area contributed by atoms with Crippen molar-refractivity contribution in [1.29, 1.82) is 0 Å². The molecule has 12 heteroatoms. The second-order valence-corrected chi connectivity index (χ2v) is 5.84. The van der Waals surface area contributed by atoms with Crippen molar-refractivity contribution in [3.63, 3.8) is 0 Å². The molecule has 0 radical (unpaired) electrons. The molecule has 0 saturated heterocycles. The third kappa shape index (κ3) is 16.6. The molecule has 0 aliphatic carbocycles. The van der Waals surface area contributed by atoms with Gasteiger partial charge in [-0.05, 0) is 32.1 Å². The van der Waals surface area contributed by atoms with E-state index in [1.807, 2.05) is 0 Å². The molecule has 0 aromatic heterocycles. The van der Waals surface area contributed by atoms with E-state index >= 15 is 0 Å². The fourth-order valence-corrected chi connectivity index (χ4v) is 1.61. The van der Waals surface area contributed by atoms with E-state index in [-0.39, 0.29) is 38.5 Å². The molecule has 0 aliphatic heterocycles. The Balaban J connectivity index is 0. The highest BCUT2D eigenvalue weighted by atomic mass is 16.4. The van der Waals surface area contributed by atoms with Crippen molar-refractivity contribution >= 4 is 23.9 Å². The first-order valence-electron chi connectivity index (χ1n) is 7.76. The minimum absolute atomic E-state index is 0.0790. The SMILES string of the molecule is NC(CCCC(N)C(=O)O)C(=O)O.NC(N)(CCC(=O)O)CCC(=O)O. The molecule has 0 bridgehead atoms. The zero-order chi connectivity index (χ0) is 20.9. The summed E-state index contributed by atoms with van der Waals surface area (Å²) in [5.41, 5.74) is 20.1. The number of aliphatic carboxylic acids is 4. The Bertz CT molecular complexity index is 444. The maximum Gasteiger partial charge on any atom is 0.320 e. The molecule has 0 fully saturated rings. The Labute approximate surface area is 150 Å². The Kier molecular flexibility index (Phi) is 13.0. The molecule has 12 N–H and O–H groups in total. The van der Waals surface area contributed by atoms with Crippen LogP contribution in [0.4, 0.5) is 0 Å². The van der Waals surface area contributed by atoms with Crippen molar-refractivity contribution in [1.82, 2.24) is 0 Å². The van der Waals surface area contributed by atoms with Gasteiger partial charge in [-0.2, -0.15) is 0 Å². The summed E-state index contributed by atoms with van der Waals surface area (Å²) in [7, 11) is 0. The van der Waals surface area contributed by atoms with Gasteiger partial charge < -0.3 is 43.4 Å². The van der Waals surface area contributed by atoms with Gasteiger partial charge in [0.25, 0.3) is 0 Å². The van der Waals surface area contributed by atoms with Crippen LogP contribution in [0.15, 0.2) is 0 Å². The zero-order valence-electron chi connectivity index (χ0n) is 14.3. The smallest absolute Gasteiger partial charge is 0.320 e. The molecular formula is C14H28N4O8. The van der Waals surface area contributed by atoms with Crippen molar-refractivity contribution in [2.45, 2.75) is 62.7 Å². The Morgan fingerprint density at radius 2 is 1.04 bits per heavy atom. The third-order valence-electron chi connectivity index (χ3n) is 3.27. The summed E-state index contributed by atoms with van der Waals surface area (Å²) in [6.45, 7) is 0.